The molecule has 50 heavy (non-hydrogen) atoms. The van der Waals surface area contributed by atoms with Gasteiger partial charge in [0.2, 0.25) is 0 Å². The molecule has 0 fully saturated rings. The van der Waals surface area contributed by atoms with Gasteiger partial charge in [0.15, 0.2) is 0 Å². The maximum atomic E-state index is 14.0. The number of nitrogens with one attached hydrogen (secondary N) is 4. The Morgan fingerprint density at radius 2 is 0.840 bits per heavy atom. The highest BCUT2D eigenvalue weighted by atomic mass is 35.5. The van der Waals surface area contributed by atoms with Crippen LogP contribution in [0.15, 0.2) is 72.8 Å². The summed E-state index contributed by atoms with van der Waals surface area (Å²) in [7, 11) is 0. The van der Waals surface area contributed by atoms with E-state index in [9.17, 15) is 8.78 Å². The second kappa shape index (κ2) is 21.0. The topological polar surface area (TPSA) is 73.9 Å². The van der Waals surface area contributed by atoms with Gasteiger partial charge in [0.25, 0.3) is 0 Å². The van der Waals surface area contributed by atoms with Crippen LogP contribution in [0.3, 0.4) is 0 Å². The summed E-state index contributed by atoms with van der Waals surface area (Å²) >= 11 is 12.4. The summed E-state index contributed by atoms with van der Waals surface area (Å²) in [4.78, 5) is 9.33. The Hall–Kier alpha value is -2.66. The van der Waals surface area contributed by atoms with Crippen molar-refractivity contribution in [3.63, 3.8) is 0 Å². The van der Waals surface area contributed by atoms with Crippen molar-refractivity contribution in [2.24, 2.45) is 0 Å². The van der Waals surface area contributed by atoms with E-state index < -0.39 is 0 Å². The largest absolute Gasteiger partial charge is 0.384 e. The number of pyridine rings is 2. The van der Waals surface area contributed by atoms with Crippen molar-refractivity contribution in [2.45, 2.75) is 25.7 Å². The van der Waals surface area contributed by atoms with Crippen LogP contribution in [0.4, 0.5) is 20.2 Å². The third-order valence-electron chi connectivity index (χ3n) is 8.02. The van der Waals surface area contributed by atoms with E-state index in [1.165, 1.54) is 24.3 Å². The first-order chi connectivity index (χ1) is 22.5. The van der Waals surface area contributed by atoms with Gasteiger partial charge in [-0.1, -0.05) is 23.2 Å². The van der Waals surface area contributed by atoms with Crippen LogP contribution in [-0.4, -0.2) is 49.2 Å². The van der Waals surface area contributed by atoms with Gasteiger partial charge in [0.05, 0.1) is 33.4 Å². The van der Waals surface area contributed by atoms with Crippen LogP contribution in [0, 0.1) is 11.6 Å². The number of hydrogen-bond donors (Lipinski definition) is 4. The van der Waals surface area contributed by atoms with Gasteiger partial charge in [-0.3, -0.25) is 0 Å². The molecule has 14 heteroatoms. The molecular weight excluding hydrogens is 767 g/mol. The van der Waals surface area contributed by atoms with Gasteiger partial charge in [-0.2, -0.15) is 0 Å². The van der Waals surface area contributed by atoms with Gasteiger partial charge in [0, 0.05) is 44.7 Å². The van der Waals surface area contributed by atoms with Crippen molar-refractivity contribution < 1.29 is 8.78 Å². The fraction of sp³-hybridized carbons (Fsp3) is 0.278. The van der Waals surface area contributed by atoms with Crippen LogP contribution in [0.5, 0.6) is 0 Å². The lowest BCUT2D eigenvalue weighted by Crippen LogP contribution is -2.22. The summed E-state index contributed by atoms with van der Waals surface area (Å²) in [6.07, 6.45) is 4.03. The van der Waals surface area contributed by atoms with Crippen molar-refractivity contribution in [1.29, 1.82) is 0 Å². The molecule has 2 aromatic heterocycles. The molecular formula is C36H40Cl6F2N6. The van der Waals surface area contributed by atoms with E-state index in [0.29, 0.717) is 10.0 Å². The van der Waals surface area contributed by atoms with Gasteiger partial charge in [0.1, 0.15) is 11.6 Å². The Kier molecular flexibility index (Phi) is 18.3. The van der Waals surface area contributed by atoms with Crippen molar-refractivity contribution in [3.05, 3.63) is 94.5 Å². The first-order valence-electron chi connectivity index (χ1n) is 15.7. The number of anilines is 2. The molecule has 6 rings (SSSR count). The average molecular weight is 807 g/mol. The van der Waals surface area contributed by atoms with Crippen molar-refractivity contribution in [1.82, 2.24) is 20.6 Å². The Labute approximate surface area is 325 Å². The second-order valence-electron chi connectivity index (χ2n) is 11.4. The molecule has 4 N–H and O–H groups in total. The van der Waals surface area contributed by atoms with E-state index in [2.05, 4.69) is 31.2 Å². The summed E-state index contributed by atoms with van der Waals surface area (Å²) in [5.41, 5.74) is 4.82. The fourth-order valence-electron chi connectivity index (χ4n) is 5.76. The molecule has 0 radical (unpaired) electrons. The van der Waals surface area contributed by atoms with Gasteiger partial charge >= 0.3 is 0 Å². The van der Waals surface area contributed by atoms with E-state index in [1.807, 2.05) is 36.4 Å². The molecule has 270 valence electrons. The molecule has 0 spiro atoms. The number of benzene rings is 4. The number of hydrogen-bond acceptors (Lipinski definition) is 6. The first-order valence-corrected chi connectivity index (χ1v) is 16.5. The minimum Gasteiger partial charge on any atom is -0.384 e. The Morgan fingerprint density at radius 1 is 0.440 bits per heavy atom. The molecule has 0 aliphatic carbocycles. The van der Waals surface area contributed by atoms with E-state index in [1.54, 1.807) is 12.1 Å². The maximum absolute atomic E-state index is 14.0. The molecule has 0 bridgehead atoms. The SMILES string of the molecule is Cl.Cl.Cl.Cl.Fc1ccc2nc3cc(Cl)ccc3c(NCCCNCCCCNCCCNc3c4ccc(Cl)cc4nc4ccc(F)cc34)c2c1. The molecule has 6 nitrogen and oxygen atoms in total. The van der Waals surface area contributed by atoms with Crippen LogP contribution in [0.1, 0.15) is 25.7 Å². The zero-order valence-electron chi connectivity index (χ0n) is 27.0. The maximum Gasteiger partial charge on any atom is 0.124 e. The highest BCUT2D eigenvalue weighted by molar-refractivity contribution is 6.32. The van der Waals surface area contributed by atoms with Gasteiger partial charge in [-0.25, -0.2) is 18.7 Å². The molecule has 0 aliphatic heterocycles. The highest BCUT2D eigenvalue weighted by Crippen LogP contribution is 2.34. The van der Waals surface area contributed by atoms with Crippen molar-refractivity contribution in [2.75, 3.05) is 49.9 Å². The smallest absolute Gasteiger partial charge is 0.124 e. The second-order valence-corrected chi connectivity index (χ2v) is 12.3. The standard InChI is InChI=1S/C36H36Cl2F2N6.4ClH/c37-23-5-9-27-33(19-23)45-31-11-7-25(39)21-29(31)35(27)43-17-3-15-41-13-1-2-14-42-16-4-18-44-36-28-10-6-24(38)20-34(28)46-32-12-8-26(40)22-30(32)36;;;;/h5-12,19-22,41-42H,1-4,13-18H2,(H,43,45)(H,44,46);4*1H. The first kappa shape index (κ1) is 43.5. The molecule has 0 unspecified atom stereocenters. The third kappa shape index (κ3) is 10.9. The fourth-order valence-corrected chi connectivity index (χ4v) is 6.10. The van der Waals surface area contributed by atoms with Crippen LogP contribution < -0.4 is 21.3 Å². The molecule has 6 aromatic rings. The monoisotopic (exact) mass is 804 g/mol. The van der Waals surface area contributed by atoms with Crippen molar-refractivity contribution in [3.8, 4) is 0 Å². The molecule has 0 saturated heterocycles. The quantitative estimate of drug-likeness (QED) is 0.0612. The summed E-state index contributed by atoms with van der Waals surface area (Å²) in [5.74, 6) is -0.565. The molecule has 0 atom stereocenters. The van der Waals surface area contributed by atoms with Crippen LogP contribution >= 0.6 is 72.8 Å². The number of aromatic nitrogens is 2. The zero-order chi connectivity index (χ0) is 31.9. The van der Waals surface area contributed by atoms with E-state index >= 15 is 0 Å². The Balaban J connectivity index is 0.00000217. The summed E-state index contributed by atoms with van der Waals surface area (Å²) in [5, 5.41) is 18.7. The number of halogens is 8. The average Bonchev–Trinajstić information content (AvgIpc) is 3.04. The summed E-state index contributed by atoms with van der Waals surface area (Å²) < 4.78 is 28.1. The Morgan fingerprint density at radius 3 is 1.26 bits per heavy atom. The summed E-state index contributed by atoms with van der Waals surface area (Å²) in [6, 6.07) is 20.5. The predicted octanol–water partition coefficient (Wildman–Crippen LogP) is 10.6. The van der Waals surface area contributed by atoms with Gasteiger partial charge in [-0.05, 0) is 125 Å². The number of nitrogens with zero attached hydrogens (tertiary/aromatic N) is 2. The van der Waals surface area contributed by atoms with E-state index in [-0.39, 0.29) is 61.3 Å². The van der Waals surface area contributed by atoms with Gasteiger partial charge < -0.3 is 21.3 Å². The molecule has 2 heterocycles. The van der Waals surface area contributed by atoms with Crippen LogP contribution in [-0.2, 0) is 0 Å². The number of fused-ring (bicyclic) bond motifs is 4. The molecule has 0 saturated carbocycles. The molecule has 0 aliphatic rings. The van der Waals surface area contributed by atoms with E-state index in [4.69, 9.17) is 23.2 Å². The molecule has 0 amide bonds. The Bertz CT molecular complexity index is 1860. The minimum atomic E-state index is -0.283. The van der Waals surface area contributed by atoms with Crippen LogP contribution in [0.25, 0.3) is 43.6 Å². The zero-order valence-corrected chi connectivity index (χ0v) is 31.8. The van der Waals surface area contributed by atoms with Crippen molar-refractivity contribution >= 4 is 128 Å². The molecule has 4 aromatic carbocycles. The number of unbranched alkanes of at least 4 members (excludes halogenated alkanes) is 1. The normalized spacial score (nSPS) is 10.7. The lowest BCUT2D eigenvalue weighted by molar-refractivity contribution is 0.573. The predicted molar refractivity (Wildman–Crippen MR) is 219 cm³/mol. The number of rotatable bonds is 15. The minimum absolute atomic E-state index is 0. The highest BCUT2D eigenvalue weighted by Gasteiger charge is 2.12. The lowest BCUT2D eigenvalue weighted by atomic mass is 10.1. The van der Waals surface area contributed by atoms with E-state index in [0.717, 1.165) is 120 Å². The summed E-state index contributed by atoms with van der Waals surface area (Å²) in [6.45, 7) is 5.20. The lowest BCUT2D eigenvalue weighted by Gasteiger charge is -2.14. The third-order valence-corrected chi connectivity index (χ3v) is 8.49. The van der Waals surface area contributed by atoms with Gasteiger partial charge in [-0.15, -0.1) is 49.6 Å². The van der Waals surface area contributed by atoms with Crippen LogP contribution in [0.2, 0.25) is 10.0 Å².